The molecule has 0 aromatic heterocycles. The van der Waals surface area contributed by atoms with E-state index in [0.717, 1.165) is 0 Å². The van der Waals surface area contributed by atoms with Gasteiger partial charge in [-0.1, -0.05) is 39.2 Å². The average Bonchev–Trinajstić information content (AvgIpc) is 2.24. The smallest absolute Gasteiger partial charge is 0.305 e. The van der Waals surface area contributed by atoms with E-state index >= 15 is 0 Å². The molecule has 0 aromatic rings. The van der Waals surface area contributed by atoms with Gasteiger partial charge in [0.2, 0.25) is 0 Å². The van der Waals surface area contributed by atoms with Crippen molar-refractivity contribution in [3.8, 4) is 0 Å². The summed E-state index contributed by atoms with van der Waals surface area (Å²) in [5.74, 6) is -0.157. The lowest BCUT2D eigenvalue weighted by Crippen LogP contribution is -1.94. The highest BCUT2D eigenvalue weighted by Crippen LogP contribution is 2.01. The number of unbranched alkanes of at least 4 members (excludes halogenated alkanes) is 4. The summed E-state index contributed by atoms with van der Waals surface area (Å²) < 4.78 is 4.26. The van der Waals surface area contributed by atoms with E-state index in [-0.39, 0.29) is 5.97 Å². The highest BCUT2D eigenvalue weighted by Gasteiger charge is 1.87. The molecular formula is C12H24O2. The van der Waals surface area contributed by atoms with Gasteiger partial charge in [-0.3, -0.25) is 4.79 Å². The van der Waals surface area contributed by atoms with Crippen molar-refractivity contribution in [3.63, 3.8) is 0 Å². The van der Waals surface area contributed by atoms with Crippen molar-refractivity contribution in [2.45, 2.75) is 52.4 Å². The molecule has 0 aliphatic carbocycles. The van der Waals surface area contributed by atoms with Gasteiger partial charge >= 0.3 is 5.97 Å². The monoisotopic (exact) mass is 200 g/mol. The highest BCUT2D eigenvalue weighted by atomic mass is 16.5. The summed E-state index contributed by atoms with van der Waals surface area (Å²) in [6.07, 6.45) is 9.08. The van der Waals surface area contributed by atoms with E-state index in [0.29, 0.717) is 6.42 Å². The first-order valence-corrected chi connectivity index (χ1v) is 5.40. The van der Waals surface area contributed by atoms with Crippen molar-refractivity contribution >= 4 is 5.97 Å². The maximum Gasteiger partial charge on any atom is 0.305 e. The fourth-order valence-corrected chi connectivity index (χ4v) is 0.860. The zero-order chi connectivity index (χ0) is 11.2. The first-order valence-electron chi connectivity index (χ1n) is 5.40. The number of allylic oxidation sites excluding steroid dienone is 1. The number of ether oxygens (including phenoxy) is 1. The van der Waals surface area contributed by atoms with E-state index < -0.39 is 0 Å². The molecular weight excluding hydrogens is 176 g/mol. The number of methoxy groups -OCH3 is 1. The van der Waals surface area contributed by atoms with Crippen molar-refractivity contribution < 1.29 is 9.53 Å². The molecule has 14 heavy (non-hydrogen) atoms. The van der Waals surface area contributed by atoms with Crippen LogP contribution < -0.4 is 0 Å². The van der Waals surface area contributed by atoms with Gasteiger partial charge in [-0.05, 0) is 12.8 Å². The minimum Gasteiger partial charge on any atom is -0.469 e. The van der Waals surface area contributed by atoms with Crippen LogP contribution in [0.2, 0.25) is 0 Å². The molecule has 0 N–H and O–H groups in total. The van der Waals surface area contributed by atoms with Crippen LogP contribution in [-0.4, -0.2) is 13.1 Å². The molecule has 2 nitrogen and oxygen atoms in total. The number of rotatable bonds is 6. The third-order valence-corrected chi connectivity index (χ3v) is 1.78. The third kappa shape index (κ3) is 17.3. The molecule has 0 saturated heterocycles. The SMILES string of the molecule is C=CCCCCCC.CCC(=O)OC. The molecule has 0 aromatic carbocycles. The van der Waals surface area contributed by atoms with Crippen molar-refractivity contribution in [2.24, 2.45) is 0 Å². The van der Waals surface area contributed by atoms with Crippen molar-refractivity contribution in [2.75, 3.05) is 7.11 Å². The normalized spacial score (nSPS) is 8.50. The highest BCUT2D eigenvalue weighted by molar-refractivity contribution is 5.68. The Kier molecular flexibility index (Phi) is 16.5. The molecule has 0 fully saturated rings. The summed E-state index contributed by atoms with van der Waals surface area (Å²) in [7, 11) is 1.38. The molecule has 0 unspecified atom stereocenters. The second kappa shape index (κ2) is 14.7. The van der Waals surface area contributed by atoms with Crippen LogP contribution in [0.25, 0.3) is 0 Å². The fourth-order valence-electron chi connectivity index (χ4n) is 0.860. The average molecular weight is 200 g/mol. The van der Waals surface area contributed by atoms with Crippen molar-refractivity contribution in [1.82, 2.24) is 0 Å². The minimum atomic E-state index is -0.157. The van der Waals surface area contributed by atoms with Gasteiger partial charge in [-0.25, -0.2) is 0 Å². The number of esters is 1. The summed E-state index contributed by atoms with van der Waals surface area (Å²) in [6.45, 7) is 7.64. The summed E-state index contributed by atoms with van der Waals surface area (Å²) in [4.78, 5) is 9.96. The Labute approximate surface area is 88.3 Å². The molecule has 0 bridgehead atoms. The third-order valence-electron chi connectivity index (χ3n) is 1.78. The van der Waals surface area contributed by atoms with E-state index in [2.05, 4.69) is 18.2 Å². The van der Waals surface area contributed by atoms with Gasteiger partial charge in [-0.15, -0.1) is 6.58 Å². The van der Waals surface area contributed by atoms with E-state index in [1.165, 1.54) is 39.2 Å². The van der Waals surface area contributed by atoms with Crippen LogP contribution in [0, 0.1) is 0 Å². The van der Waals surface area contributed by atoms with Crippen LogP contribution in [0.15, 0.2) is 12.7 Å². The van der Waals surface area contributed by atoms with Crippen LogP contribution in [0.4, 0.5) is 0 Å². The van der Waals surface area contributed by atoms with Gasteiger partial charge in [0.15, 0.2) is 0 Å². The lowest BCUT2D eigenvalue weighted by molar-refractivity contribution is -0.140. The van der Waals surface area contributed by atoms with Gasteiger partial charge in [0.25, 0.3) is 0 Å². The predicted molar refractivity (Wildman–Crippen MR) is 61.3 cm³/mol. The Balaban J connectivity index is 0. The van der Waals surface area contributed by atoms with Crippen LogP contribution in [0.1, 0.15) is 52.4 Å². The van der Waals surface area contributed by atoms with E-state index in [9.17, 15) is 4.79 Å². The Morgan fingerprint density at radius 3 is 2.21 bits per heavy atom. The zero-order valence-electron chi connectivity index (χ0n) is 9.84. The van der Waals surface area contributed by atoms with Gasteiger partial charge < -0.3 is 4.74 Å². The first-order chi connectivity index (χ1) is 6.72. The van der Waals surface area contributed by atoms with E-state index in [1.807, 2.05) is 6.08 Å². The largest absolute Gasteiger partial charge is 0.469 e. The van der Waals surface area contributed by atoms with Crippen LogP contribution in [-0.2, 0) is 9.53 Å². The van der Waals surface area contributed by atoms with Crippen LogP contribution in [0.3, 0.4) is 0 Å². The number of hydrogen-bond acceptors (Lipinski definition) is 2. The predicted octanol–water partition coefficient (Wildman–Crippen LogP) is 3.71. The molecule has 0 heterocycles. The summed E-state index contributed by atoms with van der Waals surface area (Å²) in [6, 6.07) is 0. The first kappa shape index (κ1) is 15.7. The van der Waals surface area contributed by atoms with E-state index in [1.54, 1.807) is 6.92 Å². The zero-order valence-corrected chi connectivity index (χ0v) is 9.84. The maximum atomic E-state index is 9.96. The minimum absolute atomic E-state index is 0.157. The summed E-state index contributed by atoms with van der Waals surface area (Å²) in [5, 5.41) is 0. The van der Waals surface area contributed by atoms with E-state index in [4.69, 9.17) is 0 Å². The second-order valence-corrected chi connectivity index (χ2v) is 3.07. The maximum absolute atomic E-state index is 9.96. The van der Waals surface area contributed by atoms with Gasteiger partial charge in [-0.2, -0.15) is 0 Å². The quantitative estimate of drug-likeness (QED) is 0.371. The lowest BCUT2D eigenvalue weighted by Gasteiger charge is -1.91. The second-order valence-electron chi connectivity index (χ2n) is 3.07. The number of carbonyl (C=O) groups is 1. The molecule has 0 aliphatic rings. The van der Waals surface area contributed by atoms with Crippen molar-refractivity contribution in [1.29, 1.82) is 0 Å². The van der Waals surface area contributed by atoms with Crippen LogP contribution in [0.5, 0.6) is 0 Å². The summed E-state index contributed by atoms with van der Waals surface area (Å²) >= 11 is 0. The Morgan fingerprint density at radius 2 is 1.93 bits per heavy atom. The Bertz CT molecular complexity index is 124. The molecule has 0 saturated carbocycles. The standard InChI is InChI=1S/C8H16.C4H8O2/c1-3-5-7-8-6-4-2;1-3-4(5)6-2/h3H,1,4-8H2,2H3;3H2,1-2H3. The molecule has 84 valence electrons. The number of carbonyl (C=O) groups excluding carboxylic acids is 1. The molecule has 0 amide bonds. The van der Waals surface area contributed by atoms with Crippen molar-refractivity contribution in [3.05, 3.63) is 12.7 Å². The Morgan fingerprint density at radius 1 is 1.29 bits per heavy atom. The molecule has 0 radical (unpaired) electrons. The topological polar surface area (TPSA) is 26.3 Å². The van der Waals surface area contributed by atoms with Gasteiger partial charge in [0.05, 0.1) is 7.11 Å². The molecule has 0 spiro atoms. The lowest BCUT2D eigenvalue weighted by atomic mass is 10.2. The molecule has 2 heteroatoms. The Hall–Kier alpha value is -0.790. The van der Waals surface area contributed by atoms with Crippen LogP contribution >= 0.6 is 0 Å². The summed E-state index contributed by atoms with van der Waals surface area (Å²) in [5.41, 5.74) is 0. The number of hydrogen-bond donors (Lipinski definition) is 0. The molecule has 0 rings (SSSR count). The van der Waals surface area contributed by atoms with Gasteiger partial charge in [0.1, 0.15) is 0 Å². The molecule has 0 atom stereocenters. The van der Waals surface area contributed by atoms with Gasteiger partial charge in [0, 0.05) is 6.42 Å². The molecule has 0 aliphatic heterocycles. The fraction of sp³-hybridized carbons (Fsp3) is 0.750.